The van der Waals surface area contributed by atoms with Crippen molar-refractivity contribution < 1.29 is 5.11 Å². The van der Waals surface area contributed by atoms with Gasteiger partial charge in [-0.2, -0.15) is 0 Å². The van der Waals surface area contributed by atoms with E-state index in [1.807, 2.05) is 6.92 Å². The standard InChI is InChI=1S/C9H12N2O2.ClH/c1-2-3-10-7-4-8(11-13)6-9(12)5-7;/h4-6,10,12H,2-3H2,1H3;1H. The first-order valence-corrected chi connectivity index (χ1v) is 4.17. The molecule has 0 saturated carbocycles. The Balaban J connectivity index is 0.00000169. The van der Waals surface area contributed by atoms with Crippen molar-refractivity contribution in [2.75, 3.05) is 11.9 Å². The van der Waals surface area contributed by atoms with Crippen LogP contribution in [0.15, 0.2) is 23.4 Å². The number of rotatable bonds is 4. The molecule has 0 aliphatic carbocycles. The van der Waals surface area contributed by atoms with E-state index < -0.39 is 0 Å². The molecule has 0 bridgehead atoms. The molecule has 1 rings (SSSR count). The van der Waals surface area contributed by atoms with Crippen LogP contribution in [-0.2, 0) is 0 Å². The predicted octanol–water partition coefficient (Wildman–Crippen LogP) is 3.03. The van der Waals surface area contributed by atoms with Gasteiger partial charge in [0, 0.05) is 24.4 Å². The summed E-state index contributed by atoms with van der Waals surface area (Å²) in [6, 6.07) is 4.48. The number of anilines is 1. The second-order valence-corrected chi connectivity index (χ2v) is 2.76. The molecule has 14 heavy (non-hydrogen) atoms. The number of hydrogen-bond donors (Lipinski definition) is 2. The Morgan fingerprint density at radius 1 is 1.43 bits per heavy atom. The Bertz CT molecular complexity index is 305. The fraction of sp³-hybridized carbons (Fsp3) is 0.333. The van der Waals surface area contributed by atoms with E-state index in [1.54, 1.807) is 12.1 Å². The van der Waals surface area contributed by atoms with Crippen molar-refractivity contribution in [1.82, 2.24) is 0 Å². The Morgan fingerprint density at radius 3 is 2.71 bits per heavy atom. The second kappa shape index (κ2) is 6.21. The number of nitrogens with zero attached hydrogens (tertiary/aromatic N) is 1. The molecule has 2 N–H and O–H groups in total. The molecule has 0 spiro atoms. The first kappa shape index (κ1) is 12.7. The molecule has 0 fully saturated rings. The zero-order valence-electron chi connectivity index (χ0n) is 7.86. The molecule has 0 atom stereocenters. The fourth-order valence-electron chi connectivity index (χ4n) is 1.02. The van der Waals surface area contributed by atoms with Gasteiger partial charge in [-0.25, -0.2) is 0 Å². The summed E-state index contributed by atoms with van der Waals surface area (Å²) in [5.41, 5.74) is 0.954. The van der Waals surface area contributed by atoms with Gasteiger partial charge in [0.1, 0.15) is 11.4 Å². The van der Waals surface area contributed by atoms with Crippen LogP contribution in [0.2, 0.25) is 0 Å². The summed E-state index contributed by atoms with van der Waals surface area (Å²) in [7, 11) is 0. The fourth-order valence-corrected chi connectivity index (χ4v) is 1.02. The van der Waals surface area contributed by atoms with Crippen LogP contribution in [0.25, 0.3) is 0 Å². The minimum atomic E-state index is 0. The third-order valence-electron chi connectivity index (χ3n) is 1.59. The lowest BCUT2D eigenvalue weighted by molar-refractivity contribution is 0.476. The summed E-state index contributed by atoms with van der Waals surface area (Å²) in [5, 5.41) is 15.0. The van der Waals surface area contributed by atoms with Crippen LogP contribution in [0, 0.1) is 4.91 Å². The van der Waals surface area contributed by atoms with Crippen molar-refractivity contribution in [3.05, 3.63) is 23.1 Å². The van der Waals surface area contributed by atoms with Gasteiger partial charge in [0.2, 0.25) is 0 Å². The van der Waals surface area contributed by atoms with Crippen LogP contribution in [0.3, 0.4) is 0 Å². The van der Waals surface area contributed by atoms with E-state index in [0.717, 1.165) is 18.7 Å². The SMILES string of the molecule is CCCNc1cc(O)cc(N=O)c1.Cl. The van der Waals surface area contributed by atoms with Gasteiger partial charge in [-0.1, -0.05) is 6.92 Å². The van der Waals surface area contributed by atoms with Crippen LogP contribution in [0.5, 0.6) is 5.75 Å². The lowest BCUT2D eigenvalue weighted by Gasteiger charge is -2.04. The van der Waals surface area contributed by atoms with Crippen LogP contribution >= 0.6 is 12.4 Å². The third-order valence-corrected chi connectivity index (χ3v) is 1.59. The van der Waals surface area contributed by atoms with E-state index in [2.05, 4.69) is 10.5 Å². The molecule has 0 saturated heterocycles. The molecule has 1 aromatic carbocycles. The number of hydrogen-bond acceptors (Lipinski definition) is 4. The van der Waals surface area contributed by atoms with Crippen molar-refractivity contribution in [2.45, 2.75) is 13.3 Å². The lowest BCUT2D eigenvalue weighted by atomic mass is 10.2. The number of phenols is 1. The topological polar surface area (TPSA) is 61.7 Å². The van der Waals surface area contributed by atoms with Gasteiger partial charge >= 0.3 is 0 Å². The van der Waals surface area contributed by atoms with E-state index in [9.17, 15) is 10.0 Å². The number of benzene rings is 1. The lowest BCUT2D eigenvalue weighted by Crippen LogP contribution is -1.98. The van der Waals surface area contributed by atoms with Gasteiger partial charge in [-0.3, -0.25) is 0 Å². The zero-order chi connectivity index (χ0) is 9.68. The average Bonchev–Trinajstić information content (AvgIpc) is 2.14. The maximum atomic E-state index is 10.2. The van der Waals surface area contributed by atoms with Crippen LogP contribution < -0.4 is 5.32 Å². The summed E-state index contributed by atoms with van der Waals surface area (Å²) in [6.07, 6.45) is 0.986. The minimum absolute atomic E-state index is 0. The van der Waals surface area contributed by atoms with E-state index in [4.69, 9.17) is 0 Å². The van der Waals surface area contributed by atoms with Gasteiger partial charge in [0.15, 0.2) is 0 Å². The Hall–Kier alpha value is -1.29. The first-order chi connectivity index (χ1) is 6.26. The molecule has 0 radical (unpaired) electrons. The summed E-state index contributed by atoms with van der Waals surface area (Å²) in [5.74, 6) is 0.0516. The van der Waals surface area contributed by atoms with Crippen LogP contribution in [-0.4, -0.2) is 11.7 Å². The number of nitrogens with one attached hydrogen (secondary N) is 1. The van der Waals surface area contributed by atoms with Crippen LogP contribution in [0.4, 0.5) is 11.4 Å². The molecule has 0 heterocycles. The summed E-state index contributed by atoms with van der Waals surface area (Å²) in [6.45, 7) is 2.84. The molecular weight excluding hydrogens is 204 g/mol. The average molecular weight is 217 g/mol. The summed E-state index contributed by atoms with van der Waals surface area (Å²) >= 11 is 0. The van der Waals surface area contributed by atoms with Crippen molar-refractivity contribution in [3.63, 3.8) is 0 Å². The minimum Gasteiger partial charge on any atom is -0.508 e. The Kier molecular flexibility index (Phi) is 5.64. The van der Waals surface area contributed by atoms with Crippen LogP contribution in [0.1, 0.15) is 13.3 Å². The van der Waals surface area contributed by atoms with Gasteiger partial charge < -0.3 is 10.4 Å². The summed E-state index contributed by atoms with van der Waals surface area (Å²) in [4.78, 5) is 10.2. The Morgan fingerprint density at radius 2 is 2.14 bits per heavy atom. The van der Waals surface area contributed by atoms with Crippen molar-refractivity contribution >= 4 is 23.8 Å². The number of halogens is 1. The van der Waals surface area contributed by atoms with Crippen molar-refractivity contribution in [3.8, 4) is 5.75 Å². The van der Waals surface area contributed by atoms with Gasteiger partial charge in [0.25, 0.3) is 0 Å². The van der Waals surface area contributed by atoms with Gasteiger partial charge in [-0.05, 0) is 17.7 Å². The number of nitroso groups, excluding NO2 is 1. The normalized spacial score (nSPS) is 8.93. The van der Waals surface area contributed by atoms with E-state index in [1.165, 1.54) is 6.07 Å². The molecular formula is C9H13ClN2O2. The molecule has 5 heteroatoms. The highest BCUT2D eigenvalue weighted by atomic mass is 35.5. The van der Waals surface area contributed by atoms with E-state index in [0.29, 0.717) is 0 Å². The van der Waals surface area contributed by atoms with Crippen molar-refractivity contribution in [2.24, 2.45) is 5.18 Å². The third kappa shape index (κ3) is 3.62. The van der Waals surface area contributed by atoms with Crippen molar-refractivity contribution in [1.29, 1.82) is 0 Å². The quantitative estimate of drug-likeness (QED) is 0.761. The van der Waals surface area contributed by atoms with Gasteiger partial charge in [-0.15, -0.1) is 17.3 Å². The van der Waals surface area contributed by atoms with E-state index >= 15 is 0 Å². The monoisotopic (exact) mass is 216 g/mol. The highest BCUT2D eigenvalue weighted by Gasteiger charge is 1.98. The molecule has 0 aromatic heterocycles. The largest absolute Gasteiger partial charge is 0.508 e. The maximum absolute atomic E-state index is 10.2. The molecule has 78 valence electrons. The zero-order valence-corrected chi connectivity index (χ0v) is 8.67. The van der Waals surface area contributed by atoms with E-state index in [-0.39, 0.29) is 23.8 Å². The highest BCUT2D eigenvalue weighted by molar-refractivity contribution is 5.85. The molecule has 1 aromatic rings. The molecule has 0 amide bonds. The number of aromatic hydroxyl groups is 1. The molecule has 4 nitrogen and oxygen atoms in total. The Labute approximate surface area is 88.7 Å². The number of phenolic OH excluding ortho intramolecular Hbond substituents is 1. The first-order valence-electron chi connectivity index (χ1n) is 4.17. The second-order valence-electron chi connectivity index (χ2n) is 2.76. The smallest absolute Gasteiger partial charge is 0.119 e. The molecule has 0 aliphatic rings. The summed E-state index contributed by atoms with van der Waals surface area (Å²) < 4.78 is 0. The maximum Gasteiger partial charge on any atom is 0.119 e. The molecule has 0 unspecified atom stereocenters. The highest BCUT2D eigenvalue weighted by Crippen LogP contribution is 2.24. The van der Waals surface area contributed by atoms with Gasteiger partial charge in [0.05, 0.1) is 0 Å². The predicted molar refractivity (Wildman–Crippen MR) is 59.6 cm³/mol. The molecule has 0 aliphatic heterocycles.